The van der Waals surface area contributed by atoms with Crippen LogP contribution in [0.2, 0.25) is 5.02 Å². The summed E-state index contributed by atoms with van der Waals surface area (Å²) in [6.07, 6.45) is 0.605. The number of halogens is 1. The van der Waals surface area contributed by atoms with E-state index in [1.165, 1.54) is 11.3 Å². The Labute approximate surface area is 290 Å². The van der Waals surface area contributed by atoms with Crippen molar-refractivity contribution >= 4 is 62.6 Å². The number of carbonyl (C=O) groups excluding carboxylic acids is 2. The molecule has 0 radical (unpaired) electrons. The number of likely N-dealkylation sites (tertiary alicyclic amines) is 1. The molecule has 1 fully saturated rings. The van der Waals surface area contributed by atoms with Gasteiger partial charge in [0.2, 0.25) is 0 Å². The van der Waals surface area contributed by atoms with Crippen LogP contribution in [-0.2, 0) is 9.47 Å². The Morgan fingerprint density at radius 1 is 1.10 bits per heavy atom. The lowest BCUT2D eigenvalue weighted by molar-refractivity contribution is -0.0104. The maximum atomic E-state index is 14.1. The molecule has 14 heteroatoms. The Hall–Kier alpha value is -3.68. The number of thiazole rings is 1. The highest BCUT2D eigenvalue weighted by Gasteiger charge is 2.35. The summed E-state index contributed by atoms with van der Waals surface area (Å²) in [5, 5.41) is 20.4. The molecule has 12 nitrogen and oxygen atoms in total. The van der Waals surface area contributed by atoms with Gasteiger partial charge in [0.1, 0.15) is 27.8 Å². The van der Waals surface area contributed by atoms with Gasteiger partial charge in [0.25, 0.3) is 0 Å². The van der Waals surface area contributed by atoms with Crippen LogP contribution in [0.3, 0.4) is 0 Å². The molecule has 1 saturated heterocycles. The number of aliphatic hydroxyl groups excluding tert-OH is 1. The Balaban J connectivity index is 1.49. The molecule has 0 bridgehead atoms. The van der Waals surface area contributed by atoms with Crippen LogP contribution in [-0.4, -0.2) is 78.7 Å². The van der Waals surface area contributed by atoms with E-state index in [-0.39, 0.29) is 18.4 Å². The van der Waals surface area contributed by atoms with E-state index in [1.54, 1.807) is 26.6 Å². The number of ether oxygens (including phenoxy) is 2. The first-order chi connectivity index (χ1) is 22.4. The average molecular weight is 700 g/mol. The Morgan fingerprint density at radius 3 is 2.46 bits per heavy atom. The molecule has 0 spiro atoms. The predicted octanol–water partition coefficient (Wildman–Crippen LogP) is 7.65. The number of amides is 2. The van der Waals surface area contributed by atoms with Gasteiger partial charge < -0.3 is 24.8 Å². The number of aliphatic hydroxyl groups is 1. The molecule has 0 saturated carbocycles. The molecule has 48 heavy (non-hydrogen) atoms. The zero-order valence-electron chi connectivity index (χ0n) is 29.1. The third-order valence-electron chi connectivity index (χ3n) is 7.97. The number of carbonyl (C=O) groups is 2. The van der Waals surface area contributed by atoms with Crippen molar-refractivity contribution < 1.29 is 24.2 Å². The molecule has 5 rings (SSSR count). The predicted molar refractivity (Wildman–Crippen MR) is 189 cm³/mol. The second kappa shape index (κ2) is 13.7. The molecule has 3 aromatic heterocycles. The molecule has 4 aromatic rings. The second-order valence-electron chi connectivity index (χ2n) is 14.6. The van der Waals surface area contributed by atoms with Crippen molar-refractivity contribution in [1.82, 2.24) is 24.5 Å². The van der Waals surface area contributed by atoms with E-state index in [0.29, 0.717) is 46.8 Å². The van der Waals surface area contributed by atoms with Crippen LogP contribution in [0.4, 0.5) is 21.2 Å². The summed E-state index contributed by atoms with van der Waals surface area (Å²) in [6, 6.07) is 6.78. The van der Waals surface area contributed by atoms with E-state index in [4.69, 9.17) is 31.0 Å². The summed E-state index contributed by atoms with van der Waals surface area (Å²) in [6.45, 7) is 18.0. The molecule has 2 N–H and O–H groups in total. The lowest BCUT2D eigenvalue weighted by Crippen LogP contribution is -2.49. The van der Waals surface area contributed by atoms with Gasteiger partial charge in [-0.25, -0.2) is 19.6 Å². The highest BCUT2D eigenvalue weighted by Crippen LogP contribution is 2.36. The Kier molecular flexibility index (Phi) is 10.1. The minimum atomic E-state index is -0.763. The van der Waals surface area contributed by atoms with Crippen LogP contribution in [0, 0.1) is 5.92 Å². The molecule has 0 aliphatic carbocycles. The summed E-state index contributed by atoms with van der Waals surface area (Å²) in [7, 11) is 0. The summed E-state index contributed by atoms with van der Waals surface area (Å²) in [5.74, 6) is 0.931. The zero-order valence-corrected chi connectivity index (χ0v) is 30.6. The molecule has 2 amide bonds. The maximum absolute atomic E-state index is 14.1. The number of nitrogens with zero attached hydrogens (tertiary/aromatic N) is 6. The number of fused-ring (bicyclic) bond motifs is 2. The van der Waals surface area contributed by atoms with Crippen molar-refractivity contribution in [2.24, 2.45) is 5.92 Å². The third-order valence-corrected chi connectivity index (χ3v) is 9.41. The smallest absolute Gasteiger partial charge is 0.416 e. The molecule has 4 heterocycles. The van der Waals surface area contributed by atoms with Gasteiger partial charge in [0.05, 0.1) is 35.1 Å². The van der Waals surface area contributed by atoms with Crippen molar-refractivity contribution in [3.05, 3.63) is 46.1 Å². The van der Waals surface area contributed by atoms with Crippen LogP contribution in [0.15, 0.2) is 30.5 Å². The standard InChI is InChI=1S/C34H46ClN7O5S/c1-19(2)23-17-37-42-28(41(32(45)47-34(7,8)9)20(3)30-38-24-14-22(35)10-11-26(24)48-30)15-27(39-29(23)42)36-16-21-12-13-40(18-25(21)43)31(44)46-33(4,5)6/h10-11,14-15,17,19-21,25,43H,12-13,16,18H2,1-9H3,(H,36,39)/t20-,21+,25-/m0/s1. The van der Waals surface area contributed by atoms with E-state index >= 15 is 0 Å². The third kappa shape index (κ3) is 8.12. The number of rotatable bonds is 7. The van der Waals surface area contributed by atoms with Crippen LogP contribution in [0.1, 0.15) is 91.3 Å². The summed E-state index contributed by atoms with van der Waals surface area (Å²) in [4.78, 5) is 39.5. The van der Waals surface area contributed by atoms with E-state index in [2.05, 4.69) is 24.3 Å². The SMILES string of the molecule is CC(C)c1cnn2c(N(C(=O)OC(C)(C)C)[C@@H](C)c3nc4cc(Cl)ccc4s3)cc(NC[C@H]3CCN(C(=O)OC(C)(C)C)C[C@@H]3O)nc12. The number of β-amino-alcohol motifs (C(OH)–C–C–N with tert-alkyl or cyclic N) is 1. The molecule has 1 aliphatic heterocycles. The first-order valence-corrected chi connectivity index (χ1v) is 17.5. The van der Waals surface area contributed by atoms with Gasteiger partial charge in [0, 0.05) is 35.7 Å². The highest BCUT2D eigenvalue weighted by molar-refractivity contribution is 7.18. The van der Waals surface area contributed by atoms with Crippen molar-refractivity contribution in [2.45, 2.75) is 98.0 Å². The zero-order chi connectivity index (χ0) is 35.1. The van der Waals surface area contributed by atoms with E-state index < -0.39 is 35.5 Å². The van der Waals surface area contributed by atoms with Crippen LogP contribution < -0.4 is 10.2 Å². The highest BCUT2D eigenvalue weighted by atomic mass is 35.5. The van der Waals surface area contributed by atoms with Crippen molar-refractivity contribution in [1.29, 1.82) is 0 Å². The molecule has 1 aromatic carbocycles. The maximum Gasteiger partial charge on any atom is 0.416 e. The lowest BCUT2D eigenvalue weighted by Gasteiger charge is -2.36. The summed E-state index contributed by atoms with van der Waals surface area (Å²) >= 11 is 7.74. The van der Waals surface area contributed by atoms with Gasteiger partial charge in [-0.3, -0.25) is 4.90 Å². The van der Waals surface area contributed by atoms with Crippen LogP contribution in [0.25, 0.3) is 15.9 Å². The molecule has 3 atom stereocenters. The number of benzene rings is 1. The van der Waals surface area contributed by atoms with E-state index in [1.807, 2.05) is 66.7 Å². The average Bonchev–Trinajstić information content (AvgIpc) is 3.59. The second-order valence-corrected chi connectivity index (χ2v) is 16.1. The van der Waals surface area contributed by atoms with Crippen molar-refractivity contribution in [2.75, 3.05) is 29.9 Å². The number of hydrogen-bond acceptors (Lipinski definition) is 10. The van der Waals surface area contributed by atoms with Crippen molar-refractivity contribution in [3.8, 4) is 0 Å². The monoisotopic (exact) mass is 699 g/mol. The quantitative estimate of drug-likeness (QED) is 0.199. The molecular formula is C34H46ClN7O5S. The Morgan fingerprint density at radius 2 is 1.81 bits per heavy atom. The van der Waals surface area contributed by atoms with Gasteiger partial charge >= 0.3 is 12.2 Å². The Bertz CT molecular complexity index is 1790. The summed E-state index contributed by atoms with van der Waals surface area (Å²) in [5.41, 5.74) is 0.884. The van der Waals surface area contributed by atoms with Gasteiger partial charge in [0.15, 0.2) is 5.65 Å². The number of hydrogen-bond donors (Lipinski definition) is 2. The number of anilines is 2. The van der Waals surface area contributed by atoms with Crippen LogP contribution in [0.5, 0.6) is 0 Å². The summed E-state index contributed by atoms with van der Waals surface area (Å²) < 4.78 is 14.1. The van der Waals surface area contributed by atoms with Gasteiger partial charge in [-0.1, -0.05) is 25.4 Å². The molecular weight excluding hydrogens is 654 g/mol. The topological polar surface area (TPSA) is 134 Å². The minimum Gasteiger partial charge on any atom is -0.444 e. The fourth-order valence-corrected chi connectivity index (χ4v) is 6.71. The largest absolute Gasteiger partial charge is 0.444 e. The van der Waals surface area contributed by atoms with Gasteiger partial charge in [-0.2, -0.15) is 9.61 Å². The molecule has 1 aliphatic rings. The fourth-order valence-electron chi connectivity index (χ4n) is 5.55. The minimum absolute atomic E-state index is 0.110. The lowest BCUT2D eigenvalue weighted by atomic mass is 9.94. The molecule has 0 unspecified atom stereocenters. The van der Waals surface area contributed by atoms with Gasteiger partial charge in [-0.15, -0.1) is 11.3 Å². The number of aromatic nitrogens is 4. The number of piperidine rings is 1. The van der Waals surface area contributed by atoms with E-state index in [9.17, 15) is 14.7 Å². The van der Waals surface area contributed by atoms with E-state index in [0.717, 1.165) is 15.8 Å². The number of nitrogens with one attached hydrogen (secondary N) is 1. The molecule has 260 valence electrons. The normalized spacial score (nSPS) is 18.0. The first-order valence-electron chi connectivity index (χ1n) is 16.3. The van der Waals surface area contributed by atoms with Gasteiger partial charge in [-0.05, 0) is 79.0 Å². The first kappa shape index (κ1) is 35.6. The van der Waals surface area contributed by atoms with Crippen molar-refractivity contribution in [3.63, 3.8) is 0 Å². The van der Waals surface area contributed by atoms with Crippen LogP contribution >= 0.6 is 22.9 Å². The fraction of sp³-hybridized carbons (Fsp3) is 0.559.